The molecule has 0 spiro atoms. The molecule has 1 saturated heterocycles. The second-order valence-electron chi connectivity index (χ2n) is 6.39. The SMILES string of the molecule is Cc1cc(S(=O)(=O)N2CCN(C(=O)C=Cc3ccc(F)cc3)CC2)c(C)s1. The predicted molar refractivity (Wildman–Crippen MR) is 105 cm³/mol. The molecule has 1 aromatic carbocycles. The fourth-order valence-corrected chi connectivity index (χ4v) is 5.94. The minimum atomic E-state index is -3.53. The van der Waals surface area contributed by atoms with Crippen molar-refractivity contribution in [2.24, 2.45) is 0 Å². The fourth-order valence-electron chi connectivity index (χ4n) is 3.00. The number of piperazine rings is 1. The van der Waals surface area contributed by atoms with E-state index in [-0.39, 0.29) is 24.8 Å². The number of carbonyl (C=O) groups excluding carboxylic acids is 1. The third kappa shape index (κ3) is 4.45. The largest absolute Gasteiger partial charge is 0.337 e. The molecule has 1 aliphatic heterocycles. The second kappa shape index (κ2) is 7.92. The number of halogens is 1. The number of aryl methyl sites for hydroxylation is 2. The summed E-state index contributed by atoms with van der Waals surface area (Å²) in [6.45, 7) is 4.92. The van der Waals surface area contributed by atoms with Crippen molar-refractivity contribution in [1.29, 1.82) is 0 Å². The Kier molecular flexibility index (Phi) is 5.78. The van der Waals surface area contributed by atoms with E-state index in [2.05, 4.69) is 0 Å². The van der Waals surface area contributed by atoms with Crippen molar-refractivity contribution in [2.75, 3.05) is 26.2 Å². The van der Waals surface area contributed by atoms with Crippen LogP contribution in [0.5, 0.6) is 0 Å². The van der Waals surface area contributed by atoms with Crippen LogP contribution in [-0.2, 0) is 14.8 Å². The normalized spacial score (nSPS) is 16.2. The Morgan fingerprint density at radius 2 is 1.74 bits per heavy atom. The maximum absolute atomic E-state index is 12.9. The van der Waals surface area contributed by atoms with Gasteiger partial charge in [0.05, 0.1) is 4.90 Å². The van der Waals surface area contributed by atoms with E-state index in [1.54, 1.807) is 29.2 Å². The van der Waals surface area contributed by atoms with Crippen LogP contribution in [0.4, 0.5) is 4.39 Å². The van der Waals surface area contributed by atoms with E-state index in [0.717, 1.165) is 15.3 Å². The van der Waals surface area contributed by atoms with Crippen molar-refractivity contribution in [3.8, 4) is 0 Å². The number of benzene rings is 1. The molecule has 1 aliphatic rings. The molecule has 1 fully saturated rings. The first-order valence-corrected chi connectivity index (χ1v) is 10.8. The van der Waals surface area contributed by atoms with Crippen molar-refractivity contribution in [3.05, 3.63) is 57.5 Å². The Balaban J connectivity index is 1.62. The van der Waals surface area contributed by atoms with Gasteiger partial charge in [-0.15, -0.1) is 11.3 Å². The summed E-state index contributed by atoms with van der Waals surface area (Å²) in [7, 11) is -3.53. The van der Waals surface area contributed by atoms with E-state index in [1.165, 1.54) is 33.9 Å². The van der Waals surface area contributed by atoms with Crippen LogP contribution < -0.4 is 0 Å². The van der Waals surface area contributed by atoms with Crippen LogP contribution in [0.1, 0.15) is 15.3 Å². The first-order valence-electron chi connectivity index (χ1n) is 8.57. The van der Waals surface area contributed by atoms with Crippen LogP contribution in [0.3, 0.4) is 0 Å². The molecule has 2 aromatic rings. The third-order valence-electron chi connectivity index (χ3n) is 4.45. The molecule has 0 saturated carbocycles. The van der Waals surface area contributed by atoms with Crippen LogP contribution in [-0.4, -0.2) is 49.7 Å². The Morgan fingerprint density at radius 3 is 2.30 bits per heavy atom. The molecule has 0 atom stereocenters. The first kappa shape index (κ1) is 19.7. The van der Waals surface area contributed by atoms with Crippen LogP contribution in [0.25, 0.3) is 6.08 Å². The van der Waals surface area contributed by atoms with E-state index in [1.807, 2.05) is 13.8 Å². The average molecular weight is 409 g/mol. The molecule has 0 radical (unpaired) electrons. The summed E-state index contributed by atoms with van der Waals surface area (Å²) in [5.41, 5.74) is 0.731. The van der Waals surface area contributed by atoms with Crippen LogP contribution in [0.2, 0.25) is 0 Å². The molecule has 144 valence electrons. The summed E-state index contributed by atoms with van der Waals surface area (Å²) in [4.78, 5) is 16.1. The van der Waals surface area contributed by atoms with Gasteiger partial charge in [0.15, 0.2) is 0 Å². The van der Waals surface area contributed by atoms with Gasteiger partial charge >= 0.3 is 0 Å². The van der Waals surface area contributed by atoms with Gasteiger partial charge in [-0.1, -0.05) is 12.1 Å². The number of rotatable bonds is 4. The second-order valence-corrected chi connectivity index (χ2v) is 9.76. The zero-order chi connectivity index (χ0) is 19.6. The molecule has 27 heavy (non-hydrogen) atoms. The monoisotopic (exact) mass is 408 g/mol. The van der Waals surface area contributed by atoms with Crippen molar-refractivity contribution >= 4 is 33.3 Å². The van der Waals surface area contributed by atoms with Crippen LogP contribution in [0, 0.1) is 19.7 Å². The lowest BCUT2D eigenvalue weighted by molar-refractivity contribution is -0.127. The topological polar surface area (TPSA) is 57.7 Å². The molecule has 1 amide bonds. The highest BCUT2D eigenvalue weighted by molar-refractivity contribution is 7.89. The van der Waals surface area contributed by atoms with E-state index in [9.17, 15) is 17.6 Å². The number of nitrogens with zero attached hydrogens (tertiary/aromatic N) is 2. The molecule has 0 aliphatic carbocycles. The number of hydrogen-bond acceptors (Lipinski definition) is 4. The highest BCUT2D eigenvalue weighted by atomic mass is 32.2. The van der Waals surface area contributed by atoms with Gasteiger partial charge in [0, 0.05) is 42.0 Å². The van der Waals surface area contributed by atoms with Gasteiger partial charge in [-0.25, -0.2) is 12.8 Å². The van der Waals surface area contributed by atoms with Crippen molar-refractivity contribution in [3.63, 3.8) is 0 Å². The van der Waals surface area contributed by atoms with Crippen molar-refractivity contribution < 1.29 is 17.6 Å². The lowest BCUT2D eigenvalue weighted by Crippen LogP contribution is -2.50. The number of hydrogen-bond donors (Lipinski definition) is 0. The summed E-state index contributed by atoms with van der Waals surface area (Å²) in [6, 6.07) is 7.56. The van der Waals surface area contributed by atoms with E-state index < -0.39 is 10.0 Å². The summed E-state index contributed by atoms with van der Waals surface area (Å²) in [5.74, 6) is -0.509. The minimum absolute atomic E-state index is 0.182. The molecule has 8 heteroatoms. The maximum atomic E-state index is 12.9. The highest BCUT2D eigenvalue weighted by Crippen LogP contribution is 2.28. The Labute approximate surface area is 162 Å². The number of sulfonamides is 1. The van der Waals surface area contributed by atoms with Gasteiger partial charge in [-0.05, 0) is 43.7 Å². The molecule has 0 bridgehead atoms. The Morgan fingerprint density at radius 1 is 1.11 bits per heavy atom. The smallest absolute Gasteiger partial charge is 0.246 e. The van der Waals surface area contributed by atoms with Gasteiger partial charge in [0.2, 0.25) is 15.9 Å². The standard InChI is InChI=1S/C19H21FN2O3S2/c1-14-13-18(15(2)26-14)27(24,25)22-11-9-21(10-12-22)19(23)8-5-16-3-6-17(20)7-4-16/h3-8,13H,9-12H2,1-2H3. The number of carbonyl (C=O) groups is 1. The van der Waals surface area contributed by atoms with E-state index in [4.69, 9.17) is 0 Å². The molecular formula is C19H21FN2O3S2. The van der Waals surface area contributed by atoms with Gasteiger partial charge in [0.25, 0.3) is 0 Å². The van der Waals surface area contributed by atoms with Gasteiger partial charge in [0.1, 0.15) is 5.82 Å². The van der Waals surface area contributed by atoms with Crippen LogP contribution in [0.15, 0.2) is 41.3 Å². The number of amides is 1. The van der Waals surface area contributed by atoms with Gasteiger partial charge in [-0.2, -0.15) is 4.31 Å². The quantitative estimate of drug-likeness (QED) is 0.731. The third-order valence-corrected chi connectivity index (χ3v) is 7.57. The molecule has 3 rings (SSSR count). The first-order chi connectivity index (χ1) is 12.8. The molecule has 1 aromatic heterocycles. The lowest BCUT2D eigenvalue weighted by Gasteiger charge is -2.33. The van der Waals surface area contributed by atoms with Crippen molar-refractivity contribution in [2.45, 2.75) is 18.7 Å². The highest BCUT2D eigenvalue weighted by Gasteiger charge is 2.31. The predicted octanol–water partition coefficient (Wildman–Crippen LogP) is 3.05. The van der Waals surface area contributed by atoms with E-state index in [0.29, 0.717) is 18.0 Å². The zero-order valence-electron chi connectivity index (χ0n) is 15.2. The maximum Gasteiger partial charge on any atom is 0.246 e. The molecular weight excluding hydrogens is 387 g/mol. The molecule has 0 unspecified atom stereocenters. The Bertz CT molecular complexity index is 957. The van der Waals surface area contributed by atoms with Gasteiger partial charge < -0.3 is 4.90 Å². The zero-order valence-corrected chi connectivity index (χ0v) is 16.8. The summed E-state index contributed by atoms with van der Waals surface area (Å²) < 4.78 is 40.0. The summed E-state index contributed by atoms with van der Waals surface area (Å²) in [5, 5.41) is 0. The summed E-state index contributed by atoms with van der Waals surface area (Å²) in [6.07, 6.45) is 3.06. The number of thiophene rings is 1. The average Bonchev–Trinajstić information content (AvgIpc) is 3.00. The Hall–Kier alpha value is -2.03. The fraction of sp³-hybridized carbons (Fsp3) is 0.316. The molecule has 2 heterocycles. The lowest BCUT2D eigenvalue weighted by atomic mass is 10.2. The van der Waals surface area contributed by atoms with Crippen molar-refractivity contribution in [1.82, 2.24) is 9.21 Å². The molecule has 5 nitrogen and oxygen atoms in total. The van der Waals surface area contributed by atoms with Crippen LogP contribution >= 0.6 is 11.3 Å². The molecule has 0 N–H and O–H groups in total. The van der Waals surface area contributed by atoms with Gasteiger partial charge in [-0.3, -0.25) is 4.79 Å². The minimum Gasteiger partial charge on any atom is -0.337 e. The summed E-state index contributed by atoms with van der Waals surface area (Å²) >= 11 is 1.47. The van der Waals surface area contributed by atoms with E-state index >= 15 is 0 Å².